The molecular weight excluding hydrogens is 274 g/mol. The van der Waals surface area contributed by atoms with Gasteiger partial charge < -0.3 is 14.9 Å². The fourth-order valence-corrected chi connectivity index (χ4v) is 3.10. The number of ether oxygens (including phenoxy) is 1. The predicted octanol–water partition coefficient (Wildman–Crippen LogP) is -1.26. The van der Waals surface area contributed by atoms with E-state index in [1.54, 1.807) is 6.92 Å². The van der Waals surface area contributed by atoms with Crippen molar-refractivity contribution in [3.05, 3.63) is 0 Å². The molecular formula is C7H11NO7S2. The van der Waals surface area contributed by atoms with Gasteiger partial charge in [-0.25, -0.2) is 4.18 Å². The van der Waals surface area contributed by atoms with Gasteiger partial charge in [0, 0.05) is 0 Å². The van der Waals surface area contributed by atoms with Crippen LogP contribution in [0.1, 0.15) is 6.92 Å². The molecule has 0 aromatic rings. The minimum atomic E-state index is -4.77. The molecule has 1 fully saturated rings. The van der Waals surface area contributed by atoms with Crippen molar-refractivity contribution >= 4 is 27.2 Å². The molecule has 0 aliphatic carbocycles. The zero-order valence-corrected chi connectivity index (χ0v) is 10.3. The minimum absolute atomic E-state index is 0.639. The van der Waals surface area contributed by atoms with Crippen LogP contribution in [0.15, 0.2) is 4.99 Å². The Balaban J connectivity index is 2.14. The third kappa shape index (κ3) is 2.78. The van der Waals surface area contributed by atoms with Gasteiger partial charge >= 0.3 is 10.4 Å². The van der Waals surface area contributed by atoms with E-state index < -0.39 is 40.4 Å². The number of fused-ring (bicyclic) bond motifs is 1. The first kappa shape index (κ1) is 13.2. The number of nitrogens with zero attached hydrogens (tertiary/aromatic N) is 1. The first-order valence-electron chi connectivity index (χ1n) is 4.66. The number of hydrogen-bond acceptors (Lipinski definition) is 8. The Hall–Kier alpha value is -0.230. The third-order valence-electron chi connectivity index (χ3n) is 2.36. The number of hydrogen-bond donors (Lipinski definition) is 3. The molecule has 0 aromatic heterocycles. The lowest BCUT2D eigenvalue weighted by atomic mass is 10.0. The van der Waals surface area contributed by atoms with Crippen LogP contribution in [0.5, 0.6) is 0 Å². The molecule has 10 heteroatoms. The number of rotatable bonds is 2. The Bertz CT molecular complexity index is 436. The number of aliphatic hydroxyl groups is 2. The smallest absolute Gasteiger partial charge is 0.388 e. The highest BCUT2D eigenvalue weighted by Gasteiger charge is 2.49. The third-order valence-corrected chi connectivity index (χ3v) is 3.86. The highest BCUT2D eigenvalue weighted by atomic mass is 32.3. The topological polar surface area (TPSA) is 126 Å². The lowest BCUT2D eigenvalue weighted by Gasteiger charge is -2.36. The average Bonchev–Trinajstić information content (AvgIpc) is 2.53. The van der Waals surface area contributed by atoms with E-state index in [1.165, 1.54) is 11.8 Å². The molecule has 8 nitrogen and oxygen atoms in total. The van der Waals surface area contributed by atoms with Crippen LogP contribution in [0.4, 0.5) is 0 Å². The summed E-state index contributed by atoms with van der Waals surface area (Å²) >= 11 is 1.19. The maximum Gasteiger partial charge on any atom is 0.399 e. The molecule has 2 rings (SSSR count). The molecule has 98 valence electrons. The van der Waals surface area contributed by atoms with Crippen LogP contribution < -0.4 is 0 Å². The maximum atomic E-state index is 10.5. The number of aliphatic hydroxyl groups excluding tert-OH is 2. The minimum Gasteiger partial charge on any atom is -0.388 e. The van der Waals surface area contributed by atoms with E-state index in [0.29, 0.717) is 5.04 Å². The molecule has 0 spiro atoms. The monoisotopic (exact) mass is 285 g/mol. The molecule has 0 saturated carbocycles. The van der Waals surface area contributed by atoms with Gasteiger partial charge in [0.25, 0.3) is 0 Å². The SMILES string of the molecule is CC1=NC2C(OC(OS(=O)(=O)O)C(O)C2O)S1. The fraction of sp³-hybridized carbons (Fsp3) is 0.857. The zero-order chi connectivity index (χ0) is 12.8. The molecule has 2 aliphatic rings. The summed E-state index contributed by atoms with van der Waals surface area (Å²) in [5.41, 5.74) is -0.639. The summed E-state index contributed by atoms with van der Waals surface area (Å²) < 4.78 is 38.8. The predicted molar refractivity (Wildman–Crippen MR) is 57.8 cm³/mol. The van der Waals surface area contributed by atoms with Crippen LogP contribution in [0, 0.1) is 0 Å². The largest absolute Gasteiger partial charge is 0.399 e. The summed E-state index contributed by atoms with van der Waals surface area (Å²) in [6, 6.07) is -0.670. The van der Waals surface area contributed by atoms with Crippen molar-refractivity contribution in [1.82, 2.24) is 0 Å². The standard InChI is InChI=1S/C7H11NO7S2/c1-2-8-3-4(9)5(10)6(14-7(3)16-2)15-17(11,12)13/h3-7,9-10H,1H3,(H,11,12,13). The van der Waals surface area contributed by atoms with Crippen LogP contribution >= 0.6 is 11.8 Å². The van der Waals surface area contributed by atoms with Gasteiger partial charge in [-0.2, -0.15) is 8.42 Å². The Kier molecular flexibility index (Phi) is 3.47. The second-order valence-corrected chi connectivity index (χ2v) is 5.97. The van der Waals surface area contributed by atoms with E-state index >= 15 is 0 Å². The summed E-state index contributed by atoms with van der Waals surface area (Å²) in [4.78, 5) is 4.05. The molecule has 0 radical (unpaired) electrons. The molecule has 1 saturated heterocycles. The van der Waals surface area contributed by atoms with E-state index in [0.717, 1.165) is 0 Å². The van der Waals surface area contributed by atoms with Crippen molar-refractivity contribution in [2.75, 3.05) is 0 Å². The second kappa shape index (κ2) is 4.46. The van der Waals surface area contributed by atoms with E-state index in [2.05, 4.69) is 9.18 Å². The molecule has 3 N–H and O–H groups in total. The molecule has 2 aliphatic heterocycles. The van der Waals surface area contributed by atoms with Gasteiger partial charge in [-0.3, -0.25) is 9.55 Å². The Morgan fingerprint density at radius 1 is 1.41 bits per heavy atom. The molecule has 0 amide bonds. The zero-order valence-electron chi connectivity index (χ0n) is 8.63. The van der Waals surface area contributed by atoms with Gasteiger partial charge in [0.05, 0.1) is 5.04 Å². The van der Waals surface area contributed by atoms with E-state index in [1.807, 2.05) is 0 Å². The quantitative estimate of drug-likeness (QED) is 0.537. The summed E-state index contributed by atoms with van der Waals surface area (Å²) in [6.07, 6.45) is -4.56. The Morgan fingerprint density at radius 2 is 2.06 bits per heavy atom. The van der Waals surface area contributed by atoms with Gasteiger partial charge in [-0.05, 0) is 6.92 Å². The lowest BCUT2D eigenvalue weighted by molar-refractivity contribution is -0.221. The van der Waals surface area contributed by atoms with Crippen LogP contribution in [-0.4, -0.2) is 58.2 Å². The lowest BCUT2D eigenvalue weighted by Crippen LogP contribution is -2.55. The van der Waals surface area contributed by atoms with Crippen LogP contribution in [0.25, 0.3) is 0 Å². The van der Waals surface area contributed by atoms with Crippen molar-refractivity contribution in [1.29, 1.82) is 0 Å². The normalized spacial score (nSPS) is 42.1. The molecule has 0 aromatic carbocycles. The average molecular weight is 285 g/mol. The summed E-state index contributed by atoms with van der Waals surface area (Å²) in [5, 5.41) is 20.0. The van der Waals surface area contributed by atoms with Gasteiger partial charge in [0.15, 0.2) is 0 Å². The maximum absolute atomic E-state index is 10.5. The van der Waals surface area contributed by atoms with Crippen LogP contribution in [0.3, 0.4) is 0 Å². The van der Waals surface area contributed by atoms with E-state index in [4.69, 9.17) is 9.29 Å². The highest BCUT2D eigenvalue weighted by molar-refractivity contribution is 8.14. The number of thioether (sulfide) groups is 1. The van der Waals surface area contributed by atoms with Crippen molar-refractivity contribution < 1.29 is 32.1 Å². The highest BCUT2D eigenvalue weighted by Crippen LogP contribution is 2.36. The van der Waals surface area contributed by atoms with E-state index in [-0.39, 0.29) is 0 Å². The van der Waals surface area contributed by atoms with Crippen molar-refractivity contribution in [2.45, 2.75) is 36.9 Å². The van der Waals surface area contributed by atoms with Crippen LogP contribution in [0.2, 0.25) is 0 Å². The van der Waals surface area contributed by atoms with Crippen molar-refractivity contribution in [3.63, 3.8) is 0 Å². The first-order valence-corrected chi connectivity index (χ1v) is 6.91. The second-order valence-electron chi connectivity index (χ2n) is 3.63. The summed E-state index contributed by atoms with van der Waals surface area (Å²) in [5.74, 6) is 0. The van der Waals surface area contributed by atoms with Gasteiger partial charge in [-0.1, -0.05) is 11.8 Å². The molecule has 5 atom stereocenters. The number of aliphatic imine (C=N–C) groups is 1. The first-order chi connectivity index (χ1) is 7.78. The van der Waals surface area contributed by atoms with Crippen LogP contribution in [-0.2, 0) is 19.3 Å². The molecule has 2 heterocycles. The summed E-state index contributed by atoms with van der Waals surface area (Å²) in [7, 11) is -4.77. The fourth-order valence-electron chi connectivity index (χ4n) is 1.66. The molecule has 5 unspecified atom stereocenters. The Labute approximate surface area is 102 Å². The van der Waals surface area contributed by atoms with Gasteiger partial charge in [0.2, 0.25) is 6.29 Å². The van der Waals surface area contributed by atoms with Gasteiger partial charge in [0.1, 0.15) is 23.7 Å². The van der Waals surface area contributed by atoms with E-state index in [9.17, 15) is 18.6 Å². The van der Waals surface area contributed by atoms with Gasteiger partial charge in [-0.15, -0.1) is 0 Å². The van der Waals surface area contributed by atoms with Crippen molar-refractivity contribution in [3.8, 4) is 0 Å². The van der Waals surface area contributed by atoms with Crippen molar-refractivity contribution in [2.24, 2.45) is 4.99 Å². The summed E-state index contributed by atoms with van der Waals surface area (Å²) in [6.45, 7) is 1.70. The molecule has 17 heavy (non-hydrogen) atoms. The Morgan fingerprint density at radius 3 is 2.65 bits per heavy atom. The molecule has 0 bridgehead atoms.